The second kappa shape index (κ2) is 10.3. The molecular formula is C26H29ClN6O3S. The van der Waals surface area contributed by atoms with E-state index in [-0.39, 0.29) is 6.01 Å². The lowest BCUT2D eigenvalue weighted by Gasteiger charge is -2.34. The van der Waals surface area contributed by atoms with Crippen LogP contribution in [0.4, 0.5) is 11.6 Å². The minimum absolute atomic E-state index is 0.141. The number of ether oxygens (including phenoxy) is 1. The number of sulfonamides is 1. The number of piperazine rings is 1. The van der Waals surface area contributed by atoms with E-state index >= 15 is 0 Å². The van der Waals surface area contributed by atoms with Crippen molar-refractivity contribution in [3.05, 3.63) is 63.7 Å². The van der Waals surface area contributed by atoms with Crippen LogP contribution in [0, 0.1) is 0 Å². The molecule has 0 radical (unpaired) electrons. The Bertz CT molecular complexity index is 1460. The molecule has 0 bridgehead atoms. The standard InChI is InChI=1S/C26H29ClN6O3S/c1-4-5-18-14-22(28-16-18)29-23-15-24(32-8-10-33(11-9-32)37(3,34)35)31-26(30-23)36-21-7-6-19-12-17(2)13-20(19)25(21)27/h4-7,13-15H,8-12,16H2,1-3H3,(H,28,29,30,31)/b5-4+. The van der Waals surface area contributed by atoms with Crippen LogP contribution in [-0.4, -0.2) is 67.5 Å². The Morgan fingerprint density at radius 1 is 1.14 bits per heavy atom. The van der Waals surface area contributed by atoms with Crippen molar-refractivity contribution in [3.63, 3.8) is 0 Å². The van der Waals surface area contributed by atoms with E-state index in [1.54, 1.807) is 0 Å². The van der Waals surface area contributed by atoms with Crippen LogP contribution in [0.2, 0.25) is 5.02 Å². The molecule has 3 heterocycles. The molecule has 37 heavy (non-hydrogen) atoms. The quantitative estimate of drug-likeness (QED) is 0.583. The first-order valence-corrected chi connectivity index (χ1v) is 14.3. The van der Waals surface area contributed by atoms with E-state index in [9.17, 15) is 8.42 Å². The average Bonchev–Trinajstić information content (AvgIpc) is 3.46. The first kappa shape index (κ1) is 25.4. The number of nitrogens with zero attached hydrogens (tertiary/aromatic N) is 5. The molecule has 0 spiro atoms. The van der Waals surface area contributed by atoms with Gasteiger partial charge in [-0.05, 0) is 43.5 Å². The monoisotopic (exact) mass is 540 g/mol. The third kappa shape index (κ3) is 5.71. The molecule has 3 aliphatic rings. The highest BCUT2D eigenvalue weighted by molar-refractivity contribution is 7.88. The van der Waals surface area contributed by atoms with Gasteiger partial charge in [0.25, 0.3) is 0 Å². The molecule has 1 aromatic heterocycles. The number of allylic oxidation sites excluding steroid dienone is 2. The zero-order valence-electron chi connectivity index (χ0n) is 21.0. The van der Waals surface area contributed by atoms with Crippen LogP contribution < -0.4 is 15.0 Å². The molecule has 194 valence electrons. The summed E-state index contributed by atoms with van der Waals surface area (Å²) in [5.41, 5.74) is 4.47. The van der Waals surface area contributed by atoms with Crippen molar-refractivity contribution in [2.75, 3.05) is 49.2 Å². The van der Waals surface area contributed by atoms with Gasteiger partial charge in [-0.25, -0.2) is 8.42 Å². The second-order valence-electron chi connectivity index (χ2n) is 9.31. The third-order valence-electron chi connectivity index (χ3n) is 6.41. The summed E-state index contributed by atoms with van der Waals surface area (Å²) in [4.78, 5) is 15.8. The number of aliphatic imine (C=N–C) groups is 1. The summed E-state index contributed by atoms with van der Waals surface area (Å²) in [6, 6.07) is 5.82. The van der Waals surface area contributed by atoms with Gasteiger partial charge in [0.05, 0.1) is 17.8 Å². The fraction of sp³-hybridized carbons (Fsp3) is 0.346. The van der Waals surface area contributed by atoms with E-state index in [0.29, 0.717) is 61.0 Å². The third-order valence-corrected chi connectivity index (χ3v) is 8.10. The van der Waals surface area contributed by atoms with Crippen molar-refractivity contribution in [2.45, 2.75) is 20.3 Å². The lowest BCUT2D eigenvalue weighted by Crippen LogP contribution is -2.48. The van der Waals surface area contributed by atoms with E-state index in [4.69, 9.17) is 16.3 Å². The maximum absolute atomic E-state index is 12.0. The molecule has 0 saturated carbocycles. The maximum Gasteiger partial charge on any atom is 0.325 e. The van der Waals surface area contributed by atoms with Gasteiger partial charge in [0.1, 0.15) is 23.2 Å². The van der Waals surface area contributed by atoms with Crippen LogP contribution in [0.5, 0.6) is 11.8 Å². The molecule has 11 heteroatoms. The van der Waals surface area contributed by atoms with Crippen molar-refractivity contribution >= 4 is 45.2 Å². The first-order chi connectivity index (χ1) is 17.7. The van der Waals surface area contributed by atoms with Crippen LogP contribution in [0.1, 0.15) is 25.0 Å². The van der Waals surface area contributed by atoms with Gasteiger partial charge in [-0.1, -0.05) is 41.5 Å². The van der Waals surface area contributed by atoms with Gasteiger partial charge in [-0.2, -0.15) is 14.3 Å². The summed E-state index contributed by atoms with van der Waals surface area (Å²) in [5, 5.41) is 3.79. The molecule has 0 atom stereocenters. The Labute approximate surface area is 222 Å². The van der Waals surface area contributed by atoms with Crippen molar-refractivity contribution < 1.29 is 13.2 Å². The number of amidine groups is 1. The van der Waals surface area contributed by atoms with E-state index in [0.717, 1.165) is 17.6 Å². The highest BCUT2D eigenvalue weighted by Crippen LogP contribution is 2.38. The van der Waals surface area contributed by atoms with Crippen LogP contribution in [0.25, 0.3) is 6.08 Å². The SMILES string of the molecule is C/C=C/C1=CC(Nc2cc(N3CCN(S(C)(=O)=O)CC3)nc(Oc3ccc4c(c3Cl)C=C(C)C4)n2)=NC1. The lowest BCUT2D eigenvalue weighted by molar-refractivity contribution is 0.385. The first-order valence-electron chi connectivity index (χ1n) is 12.1. The molecular weight excluding hydrogens is 512 g/mol. The Kier molecular flexibility index (Phi) is 7.06. The summed E-state index contributed by atoms with van der Waals surface area (Å²) < 4.78 is 31.5. The molecule has 0 unspecified atom stereocenters. The smallest absolute Gasteiger partial charge is 0.325 e. The van der Waals surface area contributed by atoms with Gasteiger partial charge in [-0.3, -0.25) is 4.99 Å². The number of anilines is 2. The summed E-state index contributed by atoms with van der Waals surface area (Å²) in [6.45, 7) is 6.40. The predicted octanol–water partition coefficient (Wildman–Crippen LogP) is 4.29. The van der Waals surface area contributed by atoms with Gasteiger partial charge in [0, 0.05) is 37.8 Å². The van der Waals surface area contributed by atoms with Gasteiger partial charge in [-0.15, -0.1) is 0 Å². The number of hydrogen-bond acceptors (Lipinski definition) is 8. The summed E-state index contributed by atoms with van der Waals surface area (Å²) >= 11 is 6.69. The summed E-state index contributed by atoms with van der Waals surface area (Å²) in [6.07, 6.45) is 10.1. The molecule has 9 nitrogen and oxygen atoms in total. The highest BCUT2D eigenvalue weighted by atomic mass is 35.5. The maximum atomic E-state index is 12.0. The van der Waals surface area contributed by atoms with Crippen LogP contribution in [0.15, 0.2) is 52.6 Å². The number of fused-ring (bicyclic) bond motifs is 1. The Morgan fingerprint density at radius 2 is 1.92 bits per heavy atom. The Morgan fingerprint density at radius 3 is 2.65 bits per heavy atom. The minimum Gasteiger partial charge on any atom is -0.423 e. The van der Waals surface area contributed by atoms with Crippen LogP contribution in [0.3, 0.4) is 0 Å². The zero-order chi connectivity index (χ0) is 26.2. The van der Waals surface area contributed by atoms with Crippen molar-refractivity contribution in [1.82, 2.24) is 14.3 Å². The van der Waals surface area contributed by atoms with Crippen molar-refractivity contribution in [1.29, 1.82) is 0 Å². The molecule has 1 aromatic carbocycles. The molecule has 2 aliphatic heterocycles. The largest absolute Gasteiger partial charge is 0.423 e. The van der Waals surface area contributed by atoms with Crippen molar-refractivity contribution in [3.8, 4) is 11.8 Å². The second-order valence-corrected chi connectivity index (χ2v) is 11.7. The number of halogens is 1. The van der Waals surface area contributed by atoms with E-state index in [2.05, 4.69) is 33.3 Å². The van der Waals surface area contributed by atoms with Gasteiger partial charge in [0.15, 0.2) is 0 Å². The topological polar surface area (TPSA) is 100 Å². The number of rotatable bonds is 6. The zero-order valence-corrected chi connectivity index (χ0v) is 22.6. The number of benzene rings is 1. The molecule has 1 N–H and O–H groups in total. The van der Waals surface area contributed by atoms with Crippen molar-refractivity contribution in [2.24, 2.45) is 4.99 Å². The van der Waals surface area contributed by atoms with Gasteiger partial charge >= 0.3 is 6.01 Å². The van der Waals surface area contributed by atoms with E-state index in [1.807, 2.05) is 48.3 Å². The summed E-state index contributed by atoms with van der Waals surface area (Å²) in [7, 11) is -3.24. The number of aromatic nitrogens is 2. The van der Waals surface area contributed by atoms with Crippen LogP contribution in [-0.2, 0) is 16.4 Å². The fourth-order valence-electron chi connectivity index (χ4n) is 4.60. The molecule has 1 fully saturated rings. The Hall–Kier alpha value is -3.21. The minimum atomic E-state index is -3.24. The molecule has 5 rings (SSSR count). The number of hydrogen-bond donors (Lipinski definition) is 1. The normalized spacial score (nSPS) is 18.1. The van der Waals surface area contributed by atoms with E-state index < -0.39 is 10.0 Å². The average molecular weight is 541 g/mol. The van der Waals surface area contributed by atoms with Gasteiger partial charge in [0.2, 0.25) is 10.0 Å². The molecule has 2 aromatic rings. The number of nitrogens with one attached hydrogen (secondary N) is 1. The molecule has 0 amide bonds. The van der Waals surface area contributed by atoms with Gasteiger partial charge < -0.3 is 15.0 Å². The molecule has 1 saturated heterocycles. The van der Waals surface area contributed by atoms with E-state index in [1.165, 1.54) is 21.7 Å². The lowest BCUT2D eigenvalue weighted by atomic mass is 10.1. The molecule has 1 aliphatic carbocycles. The van der Waals surface area contributed by atoms with Crippen LogP contribution >= 0.6 is 11.6 Å². The predicted molar refractivity (Wildman–Crippen MR) is 148 cm³/mol. The Balaban J connectivity index is 1.44. The fourth-order valence-corrected chi connectivity index (χ4v) is 5.70. The summed E-state index contributed by atoms with van der Waals surface area (Å²) in [5.74, 6) is 2.33. The highest BCUT2D eigenvalue weighted by Gasteiger charge is 2.25.